The summed E-state index contributed by atoms with van der Waals surface area (Å²) in [5, 5.41) is 3.39. The average Bonchev–Trinajstić information content (AvgIpc) is 2.38. The minimum absolute atomic E-state index is 0.0415. The van der Waals surface area contributed by atoms with E-state index in [1.54, 1.807) is 18.2 Å². The van der Waals surface area contributed by atoms with Crippen molar-refractivity contribution < 1.29 is 17.6 Å². The smallest absolute Gasteiger partial charge is 0.380 e. The maximum absolute atomic E-state index is 13.3. The molecule has 1 N–H and O–H groups in total. The van der Waals surface area contributed by atoms with E-state index in [0.717, 1.165) is 12.1 Å². The molecular formula is C14H9BrClF4N. The Morgan fingerprint density at radius 2 is 1.81 bits per heavy atom. The van der Waals surface area contributed by atoms with Crippen LogP contribution in [0, 0.1) is 5.82 Å². The summed E-state index contributed by atoms with van der Waals surface area (Å²) in [5.41, 5.74) is -0.209. The topological polar surface area (TPSA) is 12.0 Å². The van der Waals surface area contributed by atoms with E-state index >= 15 is 0 Å². The van der Waals surface area contributed by atoms with E-state index in [1.165, 1.54) is 0 Å². The highest BCUT2D eigenvalue weighted by Crippen LogP contribution is 2.31. The Kier molecular flexibility index (Phi) is 4.78. The molecule has 1 nitrogen and oxygen atoms in total. The lowest BCUT2D eigenvalue weighted by atomic mass is 10.1. The number of halogens is 6. The van der Waals surface area contributed by atoms with E-state index in [1.807, 2.05) is 0 Å². The molecule has 0 spiro atoms. The largest absolute Gasteiger partial charge is 0.416 e. The standard InChI is InChI=1S/C14H9BrClF4N/c15-12-2-1-10(16)6-13(12)21-7-8-3-9(14(18,19)20)5-11(17)4-8/h1-6,21H,7H2. The lowest BCUT2D eigenvalue weighted by Crippen LogP contribution is -2.08. The van der Waals surface area contributed by atoms with Gasteiger partial charge in [0.15, 0.2) is 0 Å². The van der Waals surface area contributed by atoms with Crippen molar-refractivity contribution in [1.82, 2.24) is 0 Å². The highest BCUT2D eigenvalue weighted by Gasteiger charge is 2.31. The molecule has 0 fully saturated rings. The van der Waals surface area contributed by atoms with Gasteiger partial charge in [0.25, 0.3) is 0 Å². The van der Waals surface area contributed by atoms with Gasteiger partial charge >= 0.3 is 6.18 Å². The van der Waals surface area contributed by atoms with Gasteiger partial charge in [0.1, 0.15) is 5.82 Å². The van der Waals surface area contributed by atoms with Crippen LogP contribution in [0.5, 0.6) is 0 Å². The zero-order valence-electron chi connectivity index (χ0n) is 10.4. The zero-order valence-corrected chi connectivity index (χ0v) is 12.8. The van der Waals surface area contributed by atoms with Crippen LogP contribution in [0.15, 0.2) is 40.9 Å². The molecule has 2 aromatic rings. The van der Waals surface area contributed by atoms with Crippen molar-refractivity contribution in [2.45, 2.75) is 12.7 Å². The van der Waals surface area contributed by atoms with Gasteiger partial charge in [-0.3, -0.25) is 0 Å². The maximum atomic E-state index is 13.3. The van der Waals surface area contributed by atoms with E-state index < -0.39 is 17.6 Å². The molecule has 2 aromatic carbocycles. The normalized spacial score (nSPS) is 11.5. The Morgan fingerprint density at radius 3 is 2.48 bits per heavy atom. The van der Waals surface area contributed by atoms with Crippen molar-refractivity contribution in [2.24, 2.45) is 0 Å². The van der Waals surface area contributed by atoms with Crippen LogP contribution in [-0.2, 0) is 12.7 Å². The lowest BCUT2D eigenvalue weighted by Gasteiger charge is -2.12. The zero-order chi connectivity index (χ0) is 15.6. The van der Waals surface area contributed by atoms with Crippen LogP contribution >= 0.6 is 27.5 Å². The number of hydrogen-bond acceptors (Lipinski definition) is 1. The summed E-state index contributed by atoms with van der Waals surface area (Å²) < 4.78 is 51.8. The molecule has 0 aliphatic rings. The van der Waals surface area contributed by atoms with Gasteiger partial charge in [-0.25, -0.2) is 4.39 Å². The monoisotopic (exact) mass is 381 g/mol. The number of hydrogen-bond donors (Lipinski definition) is 1. The first kappa shape index (κ1) is 16.1. The van der Waals surface area contributed by atoms with Crippen molar-refractivity contribution in [3.8, 4) is 0 Å². The third-order valence-corrected chi connectivity index (χ3v) is 3.62. The number of alkyl halides is 3. The van der Waals surface area contributed by atoms with Crippen molar-refractivity contribution in [2.75, 3.05) is 5.32 Å². The Hall–Kier alpha value is -1.27. The second-order valence-corrected chi connectivity index (χ2v) is 5.61. The van der Waals surface area contributed by atoms with Crippen LogP contribution in [0.3, 0.4) is 0 Å². The molecule has 0 radical (unpaired) electrons. The second-order valence-electron chi connectivity index (χ2n) is 4.32. The van der Waals surface area contributed by atoms with Gasteiger partial charge in [-0.05, 0) is 57.9 Å². The van der Waals surface area contributed by atoms with E-state index in [0.29, 0.717) is 21.2 Å². The number of benzene rings is 2. The average molecular weight is 383 g/mol. The minimum atomic E-state index is -4.58. The Morgan fingerprint density at radius 1 is 1.10 bits per heavy atom. The molecule has 0 atom stereocenters. The molecule has 0 saturated heterocycles. The van der Waals surface area contributed by atoms with Gasteiger partial charge in [0.05, 0.1) is 11.3 Å². The fourth-order valence-electron chi connectivity index (χ4n) is 1.75. The lowest BCUT2D eigenvalue weighted by molar-refractivity contribution is -0.137. The van der Waals surface area contributed by atoms with Crippen molar-refractivity contribution in [3.05, 3.63) is 62.8 Å². The van der Waals surface area contributed by atoms with E-state index in [-0.39, 0.29) is 12.1 Å². The molecule has 0 saturated carbocycles. The minimum Gasteiger partial charge on any atom is -0.380 e. The number of rotatable bonds is 3. The number of anilines is 1. The Balaban J connectivity index is 2.20. The summed E-state index contributed by atoms with van der Waals surface area (Å²) in [5.74, 6) is -0.924. The molecule has 21 heavy (non-hydrogen) atoms. The fourth-order valence-corrected chi connectivity index (χ4v) is 2.31. The van der Waals surface area contributed by atoms with Crippen LogP contribution in [0.25, 0.3) is 0 Å². The molecule has 0 aliphatic carbocycles. The summed E-state index contributed by atoms with van der Waals surface area (Å²) in [6.45, 7) is 0.0415. The number of nitrogens with one attached hydrogen (secondary N) is 1. The molecule has 7 heteroatoms. The quantitative estimate of drug-likeness (QED) is 0.654. The first-order valence-corrected chi connectivity index (χ1v) is 6.98. The van der Waals surface area contributed by atoms with Crippen LogP contribution < -0.4 is 5.32 Å². The Labute approximate surface area is 132 Å². The van der Waals surface area contributed by atoms with Crippen LogP contribution in [0.1, 0.15) is 11.1 Å². The fraction of sp³-hybridized carbons (Fsp3) is 0.143. The van der Waals surface area contributed by atoms with Crippen LogP contribution in [0.2, 0.25) is 5.02 Å². The van der Waals surface area contributed by atoms with Crippen molar-refractivity contribution in [1.29, 1.82) is 0 Å². The van der Waals surface area contributed by atoms with E-state index in [2.05, 4.69) is 21.2 Å². The summed E-state index contributed by atoms with van der Waals surface area (Å²) in [6.07, 6.45) is -4.58. The molecule has 112 valence electrons. The van der Waals surface area contributed by atoms with Crippen molar-refractivity contribution >= 4 is 33.2 Å². The van der Waals surface area contributed by atoms with Crippen molar-refractivity contribution in [3.63, 3.8) is 0 Å². The van der Waals surface area contributed by atoms with E-state index in [4.69, 9.17) is 11.6 Å². The molecule has 2 rings (SSSR count). The summed E-state index contributed by atoms with van der Waals surface area (Å²) in [4.78, 5) is 0. The van der Waals surface area contributed by atoms with Gasteiger partial charge < -0.3 is 5.32 Å². The maximum Gasteiger partial charge on any atom is 0.416 e. The second kappa shape index (κ2) is 6.23. The molecule has 0 unspecified atom stereocenters. The molecule has 0 aliphatic heterocycles. The molecular weight excluding hydrogens is 374 g/mol. The first-order chi connectivity index (χ1) is 9.75. The molecule has 0 amide bonds. The van der Waals surface area contributed by atoms with Gasteiger partial charge in [0, 0.05) is 16.0 Å². The summed E-state index contributed by atoms with van der Waals surface area (Å²) in [7, 11) is 0. The third-order valence-electron chi connectivity index (χ3n) is 2.70. The van der Waals surface area contributed by atoms with Crippen LogP contribution in [0.4, 0.5) is 23.2 Å². The highest BCUT2D eigenvalue weighted by atomic mass is 79.9. The Bertz CT molecular complexity index is 658. The highest BCUT2D eigenvalue weighted by molar-refractivity contribution is 9.10. The van der Waals surface area contributed by atoms with Crippen LogP contribution in [-0.4, -0.2) is 0 Å². The molecule has 0 heterocycles. The SMILES string of the molecule is Fc1cc(CNc2cc(Cl)ccc2Br)cc(C(F)(F)F)c1. The predicted octanol–water partition coefficient (Wildman–Crippen LogP) is 5.87. The molecule has 0 aromatic heterocycles. The molecule has 0 bridgehead atoms. The third kappa shape index (κ3) is 4.35. The summed E-state index contributed by atoms with van der Waals surface area (Å²) >= 11 is 9.13. The van der Waals surface area contributed by atoms with Gasteiger partial charge in [-0.1, -0.05) is 11.6 Å². The van der Waals surface area contributed by atoms with E-state index in [9.17, 15) is 17.6 Å². The summed E-state index contributed by atoms with van der Waals surface area (Å²) in [6, 6.07) is 7.43. The van der Waals surface area contributed by atoms with Gasteiger partial charge in [0.2, 0.25) is 0 Å². The van der Waals surface area contributed by atoms with Gasteiger partial charge in [-0.15, -0.1) is 0 Å². The predicted molar refractivity (Wildman–Crippen MR) is 77.9 cm³/mol. The van der Waals surface area contributed by atoms with Gasteiger partial charge in [-0.2, -0.15) is 13.2 Å². The first-order valence-electron chi connectivity index (χ1n) is 5.81.